The van der Waals surface area contributed by atoms with Gasteiger partial charge in [-0.15, -0.1) is 0 Å². The summed E-state index contributed by atoms with van der Waals surface area (Å²) in [5, 5.41) is -0.122. The number of alkyl halides is 3. The van der Waals surface area contributed by atoms with Gasteiger partial charge in [0.15, 0.2) is 5.78 Å². The Labute approximate surface area is 145 Å². The molecular weight excluding hydrogens is 355 g/mol. The number of carbonyl (C=O) groups is 1. The van der Waals surface area contributed by atoms with Gasteiger partial charge in [-0.1, -0.05) is 54.2 Å². The van der Waals surface area contributed by atoms with Crippen molar-refractivity contribution in [2.75, 3.05) is 0 Å². The van der Waals surface area contributed by atoms with Gasteiger partial charge in [0, 0.05) is 4.90 Å². The second kappa shape index (κ2) is 6.57. The van der Waals surface area contributed by atoms with Crippen LogP contribution >= 0.6 is 23.5 Å². The number of benzene rings is 2. The topological polar surface area (TPSA) is 43.1 Å². The molecule has 0 bridgehead atoms. The van der Waals surface area contributed by atoms with Gasteiger partial charge in [-0.05, 0) is 35.0 Å². The molecular formula is C17H12F3NOS2. The minimum Gasteiger partial charge on any atom is -0.393 e. The number of rotatable bonds is 3. The molecule has 0 aromatic heterocycles. The first kappa shape index (κ1) is 17.0. The van der Waals surface area contributed by atoms with Crippen molar-refractivity contribution in [3.63, 3.8) is 0 Å². The lowest BCUT2D eigenvalue weighted by atomic mass is 9.98. The number of thioether (sulfide) groups is 2. The third-order valence-corrected chi connectivity index (χ3v) is 5.34. The fourth-order valence-electron chi connectivity index (χ4n) is 2.47. The van der Waals surface area contributed by atoms with Crippen molar-refractivity contribution in [3.8, 4) is 0 Å². The van der Waals surface area contributed by atoms with E-state index < -0.39 is 10.8 Å². The minimum absolute atomic E-state index is 0.0289. The summed E-state index contributed by atoms with van der Waals surface area (Å²) in [4.78, 5) is 12.8. The fraction of sp³-hybridized carbons (Fsp3) is 0.118. The Morgan fingerprint density at radius 3 is 2.42 bits per heavy atom. The average Bonchev–Trinajstić information content (AvgIpc) is 2.81. The molecule has 3 rings (SSSR count). The zero-order chi connectivity index (χ0) is 17.3. The maximum absolute atomic E-state index is 12.7. The highest BCUT2D eigenvalue weighted by molar-refractivity contribution is 8.04. The summed E-state index contributed by atoms with van der Waals surface area (Å²) in [6, 6.07) is 15.0. The van der Waals surface area contributed by atoms with Crippen LogP contribution in [0.15, 0.2) is 64.5 Å². The fourth-order valence-corrected chi connectivity index (χ4v) is 4.18. The van der Waals surface area contributed by atoms with Crippen molar-refractivity contribution in [3.05, 3.63) is 70.8 Å². The van der Waals surface area contributed by atoms with E-state index in [-0.39, 0.29) is 22.4 Å². The van der Waals surface area contributed by atoms with E-state index in [0.717, 1.165) is 5.56 Å². The Kier molecular flexibility index (Phi) is 4.64. The van der Waals surface area contributed by atoms with Crippen molar-refractivity contribution < 1.29 is 18.0 Å². The highest BCUT2D eigenvalue weighted by Gasteiger charge is 2.35. The van der Waals surface area contributed by atoms with Crippen LogP contribution in [0, 0.1) is 0 Å². The van der Waals surface area contributed by atoms with Crippen molar-refractivity contribution in [2.45, 2.75) is 15.7 Å². The number of ketones is 1. The molecule has 1 aliphatic rings. The molecule has 0 saturated heterocycles. The molecule has 7 heteroatoms. The number of allylic oxidation sites excluding steroid dienone is 1. The number of hydrogen-bond acceptors (Lipinski definition) is 4. The minimum atomic E-state index is -4.38. The van der Waals surface area contributed by atoms with Crippen LogP contribution < -0.4 is 5.73 Å². The zero-order valence-electron chi connectivity index (χ0n) is 12.2. The molecule has 0 fully saturated rings. The molecule has 24 heavy (non-hydrogen) atoms. The molecule has 0 radical (unpaired) electrons. The molecule has 2 aromatic rings. The van der Waals surface area contributed by atoms with Crippen molar-refractivity contribution in [2.24, 2.45) is 5.73 Å². The van der Waals surface area contributed by atoms with Gasteiger partial charge in [0.25, 0.3) is 0 Å². The van der Waals surface area contributed by atoms with Crippen LogP contribution in [0.4, 0.5) is 13.2 Å². The normalized spacial score (nSPS) is 18.3. The Morgan fingerprint density at radius 2 is 1.75 bits per heavy atom. The maximum Gasteiger partial charge on any atom is 0.446 e. The maximum atomic E-state index is 12.7. The van der Waals surface area contributed by atoms with Gasteiger partial charge in [0.2, 0.25) is 0 Å². The zero-order valence-corrected chi connectivity index (χ0v) is 13.8. The third kappa shape index (κ3) is 3.62. The second-order valence-electron chi connectivity index (χ2n) is 5.09. The standard InChI is InChI=1S/C17H12F3NOS2/c18-17(19,20)24-12-8-4-7-11(9-12)13-14(22)15(23-16(13)21)10-5-2-1-3-6-10/h1-9,15H,21H2. The number of halogens is 3. The summed E-state index contributed by atoms with van der Waals surface area (Å²) >= 11 is 1.02. The Hall–Kier alpha value is -1.86. The molecule has 0 spiro atoms. The smallest absolute Gasteiger partial charge is 0.393 e. The Balaban J connectivity index is 1.91. The SMILES string of the molecule is NC1=C(c2cccc(SC(F)(F)F)c2)C(=O)C(c2ccccc2)S1. The lowest BCUT2D eigenvalue weighted by molar-refractivity contribution is -0.113. The van der Waals surface area contributed by atoms with E-state index in [2.05, 4.69) is 0 Å². The molecule has 2 aromatic carbocycles. The molecule has 1 heterocycles. The van der Waals surface area contributed by atoms with Gasteiger partial charge >= 0.3 is 5.51 Å². The summed E-state index contributed by atoms with van der Waals surface area (Å²) < 4.78 is 37.6. The van der Waals surface area contributed by atoms with Gasteiger partial charge < -0.3 is 5.73 Å². The molecule has 0 amide bonds. The van der Waals surface area contributed by atoms with Gasteiger partial charge in [-0.3, -0.25) is 4.79 Å². The Morgan fingerprint density at radius 1 is 1.04 bits per heavy atom. The number of carbonyl (C=O) groups excluding carboxylic acids is 1. The summed E-state index contributed by atoms with van der Waals surface area (Å²) in [5.41, 5.74) is 3.15. The van der Waals surface area contributed by atoms with E-state index >= 15 is 0 Å². The molecule has 1 unspecified atom stereocenters. The highest BCUT2D eigenvalue weighted by atomic mass is 32.2. The first-order valence-electron chi connectivity index (χ1n) is 6.97. The largest absolute Gasteiger partial charge is 0.446 e. The summed E-state index contributed by atoms with van der Waals surface area (Å²) in [5.74, 6) is -0.183. The lowest BCUT2D eigenvalue weighted by Crippen LogP contribution is -2.07. The van der Waals surface area contributed by atoms with Gasteiger partial charge in [0.05, 0.1) is 15.9 Å². The molecule has 1 atom stereocenters. The lowest BCUT2D eigenvalue weighted by Gasteiger charge is -2.10. The van der Waals surface area contributed by atoms with Crippen molar-refractivity contribution >= 4 is 34.9 Å². The molecule has 1 aliphatic heterocycles. The van der Waals surface area contributed by atoms with Crippen LogP contribution in [0.5, 0.6) is 0 Å². The van der Waals surface area contributed by atoms with Crippen LogP contribution in [0.2, 0.25) is 0 Å². The number of nitrogens with two attached hydrogens (primary N) is 1. The van der Waals surface area contributed by atoms with Gasteiger partial charge in [-0.25, -0.2) is 0 Å². The third-order valence-electron chi connectivity index (χ3n) is 3.43. The highest BCUT2D eigenvalue weighted by Crippen LogP contribution is 2.47. The molecule has 2 nitrogen and oxygen atoms in total. The van der Waals surface area contributed by atoms with Crippen molar-refractivity contribution in [1.29, 1.82) is 0 Å². The quantitative estimate of drug-likeness (QED) is 0.777. The summed E-state index contributed by atoms with van der Waals surface area (Å²) in [7, 11) is 0. The number of Topliss-reactive ketones (excluding diaryl/α,β-unsaturated/α-hetero) is 1. The van der Waals surface area contributed by atoms with E-state index in [0.29, 0.717) is 16.2 Å². The predicted octanol–water partition coefficient (Wildman–Crippen LogP) is 4.98. The Bertz CT molecular complexity index is 803. The summed E-state index contributed by atoms with van der Waals surface area (Å²) in [6.07, 6.45) is 0. The van der Waals surface area contributed by atoms with E-state index in [1.54, 1.807) is 6.07 Å². The molecule has 124 valence electrons. The van der Waals surface area contributed by atoms with Gasteiger partial charge in [0.1, 0.15) is 0 Å². The van der Waals surface area contributed by atoms with Crippen LogP contribution in [-0.2, 0) is 4.79 Å². The predicted molar refractivity (Wildman–Crippen MR) is 91.2 cm³/mol. The second-order valence-corrected chi connectivity index (χ2v) is 7.37. The molecule has 0 saturated carbocycles. The van der Waals surface area contributed by atoms with Gasteiger partial charge in [-0.2, -0.15) is 13.2 Å². The van der Waals surface area contributed by atoms with E-state index in [1.165, 1.54) is 30.0 Å². The van der Waals surface area contributed by atoms with Crippen molar-refractivity contribution in [1.82, 2.24) is 0 Å². The van der Waals surface area contributed by atoms with E-state index in [9.17, 15) is 18.0 Å². The van der Waals surface area contributed by atoms with Crippen LogP contribution in [0.3, 0.4) is 0 Å². The average molecular weight is 367 g/mol. The first-order chi connectivity index (χ1) is 11.3. The molecule has 0 aliphatic carbocycles. The number of hydrogen-bond donors (Lipinski definition) is 1. The van der Waals surface area contributed by atoms with E-state index in [4.69, 9.17) is 5.73 Å². The van der Waals surface area contributed by atoms with Crippen LogP contribution in [0.1, 0.15) is 16.4 Å². The van der Waals surface area contributed by atoms with Crippen LogP contribution in [-0.4, -0.2) is 11.3 Å². The molecule has 2 N–H and O–H groups in total. The van der Waals surface area contributed by atoms with E-state index in [1.807, 2.05) is 30.3 Å². The van der Waals surface area contributed by atoms with Crippen LogP contribution in [0.25, 0.3) is 5.57 Å². The first-order valence-corrected chi connectivity index (χ1v) is 8.66. The monoisotopic (exact) mass is 367 g/mol. The summed E-state index contributed by atoms with van der Waals surface area (Å²) in [6.45, 7) is 0.